The third kappa shape index (κ3) is 6.59. The van der Waals surface area contributed by atoms with Crippen molar-refractivity contribution in [3.8, 4) is 0 Å². The summed E-state index contributed by atoms with van der Waals surface area (Å²) in [5.74, 6) is 0. The van der Waals surface area contributed by atoms with Crippen LogP contribution in [0.15, 0.2) is 24.3 Å². The summed E-state index contributed by atoms with van der Waals surface area (Å²) in [4.78, 5) is 14.3. The summed E-state index contributed by atoms with van der Waals surface area (Å²) in [6.07, 6.45) is 4.39. The molecule has 0 unspecified atom stereocenters. The van der Waals surface area contributed by atoms with Crippen LogP contribution >= 0.6 is 0 Å². The molecule has 0 bridgehead atoms. The maximum Gasteiger partial charge on any atom is 0.411 e. The Morgan fingerprint density at radius 3 is 2.74 bits per heavy atom. The third-order valence-corrected chi connectivity index (χ3v) is 3.95. The molecule has 1 aromatic rings. The second kappa shape index (κ2) is 10.2. The topological polar surface area (TPSA) is 50.8 Å². The molecular weight excluding hydrogens is 292 g/mol. The largest absolute Gasteiger partial charge is 0.448 e. The first-order valence-electron chi connectivity index (χ1n) is 8.61. The SMILES string of the molecule is CCCOCc1ccccc1NC(=O)OCCN1CCCCC1. The molecule has 1 heterocycles. The first kappa shape index (κ1) is 17.8. The number of benzene rings is 1. The van der Waals surface area contributed by atoms with E-state index in [1.165, 1.54) is 19.3 Å². The van der Waals surface area contributed by atoms with Crippen LogP contribution in [-0.4, -0.2) is 43.8 Å². The lowest BCUT2D eigenvalue weighted by Crippen LogP contribution is -2.33. The highest BCUT2D eigenvalue weighted by atomic mass is 16.5. The molecule has 1 aliphatic rings. The zero-order chi connectivity index (χ0) is 16.3. The minimum Gasteiger partial charge on any atom is -0.448 e. The molecule has 5 nitrogen and oxygen atoms in total. The summed E-state index contributed by atoms with van der Waals surface area (Å²) in [5, 5.41) is 2.82. The Morgan fingerprint density at radius 1 is 1.17 bits per heavy atom. The van der Waals surface area contributed by atoms with Crippen LogP contribution in [0.3, 0.4) is 0 Å². The zero-order valence-electron chi connectivity index (χ0n) is 14.1. The van der Waals surface area contributed by atoms with Crippen molar-refractivity contribution in [2.75, 3.05) is 38.2 Å². The molecule has 0 spiro atoms. The summed E-state index contributed by atoms with van der Waals surface area (Å²) < 4.78 is 10.8. The number of carbonyl (C=O) groups is 1. The van der Waals surface area contributed by atoms with Gasteiger partial charge in [-0.1, -0.05) is 31.5 Å². The maximum absolute atomic E-state index is 11.9. The van der Waals surface area contributed by atoms with Crippen LogP contribution in [0.25, 0.3) is 0 Å². The van der Waals surface area contributed by atoms with Gasteiger partial charge in [0.2, 0.25) is 0 Å². The summed E-state index contributed by atoms with van der Waals surface area (Å²) >= 11 is 0. The van der Waals surface area contributed by atoms with Crippen LogP contribution in [0.4, 0.5) is 10.5 Å². The normalized spacial score (nSPS) is 15.3. The van der Waals surface area contributed by atoms with E-state index in [0.717, 1.165) is 37.3 Å². The standard InChI is InChI=1S/C18H28N2O3/c1-2-13-22-15-16-8-4-5-9-17(16)19-18(21)23-14-12-20-10-6-3-7-11-20/h4-5,8-9H,2-3,6-7,10-15H2,1H3,(H,19,21). The summed E-state index contributed by atoms with van der Waals surface area (Å²) in [7, 11) is 0. The number of nitrogens with one attached hydrogen (secondary N) is 1. The van der Waals surface area contributed by atoms with Gasteiger partial charge in [0.1, 0.15) is 6.61 Å². The van der Waals surface area contributed by atoms with Crippen molar-refractivity contribution < 1.29 is 14.3 Å². The average molecular weight is 320 g/mol. The van der Waals surface area contributed by atoms with E-state index in [9.17, 15) is 4.79 Å². The number of ether oxygens (including phenoxy) is 2. The number of anilines is 1. The Labute approximate surface area is 139 Å². The highest BCUT2D eigenvalue weighted by Crippen LogP contribution is 2.16. The minimum absolute atomic E-state index is 0.398. The molecule has 23 heavy (non-hydrogen) atoms. The van der Waals surface area contributed by atoms with E-state index in [2.05, 4.69) is 17.1 Å². The quantitative estimate of drug-likeness (QED) is 0.743. The van der Waals surface area contributed by atoms with Crippen LogP contribution in [0.2, 0.25) is 0 Å². The van der Waals surface area contributed by atoms with Crippen molar-refractivity contribution in [2.45, 2.75) is 39.2 Å². The highest BCUT2D eigenvalue weighted by molar-refractivity contribution is 5.85. The van der Waals surface area contributed by atoms with Crippen molar-refractivity contribution in [2.24, 2.45) is 0 Å². The molecule has 128 valence electrons. The van der Waals surface area contributed by atoms with Crippen LogP contribution in [-0.2, 0) is 16.1 Å². The van der Waals surface area contributed by atoms with E-state index in [1.807, 2.05) is 24.3 Å². The fourth-order valence-electron chi connectivity index (χ4n) is 2.69. The second-order valence-corrected chi connectivity index (χ2v) is 5.87. The second-order valence-electron chi connectivity index (χ2n) is 5.87. The molecule has 1 saturated heterocycles. The van der Waals surface area contributed by atoms with Gasteiger partial charge < -0.3 is 9.47 Å². The fraction of sp³-hybridized carbons (Fsp3) is 0.611. The molecule has 1 aromatic carbocycles. The van der Waals surface area contributed by atoms with E-state index < -0.39 is 6.09 Å². The molecule has 1 fully saturated rings. The molecule has 0 aromatic heterocycles. The van der Waals surface area contributed by atoms with Crippen LogP contribution in [0.1, 0.15) is 38.2 Å². The molecule has 1 amide bonds. The lowest BCUT2D eigenvalue weighted by atomic mass is 10.1. The lowest BCUT2D eigenvalue weighted by Gasteiger charge is -2.25. The van der Waals surface area contributed by atoms with E-state index in [-0.39, 0.29) is 0 Å². The van der Waals surface area contributed by atoms with Crippen LogP contribution < -0.4 is 5.32 Å². The number of rotatable bonds is 8. The van der Waals surface area contributed by atoms with Crippen molar-refractivity contribution >= 4 is 11.8 Å². The third-order valence-electron chi connectivity index (χ3n) is 3.95. The molecule has 1 aliphatic heterocycles. The molecule has 0 radical (unpaired) electrons. The molecular formula is C18H28N2O3. The predicted molar refractivity (Wildman–Crippen MR) is 91.7 cm³/mol. The predicted octanol–water partition coefficient (Wildman–Crippen LogP) is 3.65. The highest BCUT2D eigenvalue weighted by Gasteiger charge is 2.11. The van der Waals surface area contributed by atoms with Gasteiger partial charge in [0.25, 0.3) is 0 Å². The number of hydrogen-bond donors (Lipinski definition) is 1. The Morgan fingerprint density at radius 2 is 1.96 bits per heavy atom. The van der Waals surface area contributed by atoms with Gasteiger partial charge in [0.05, 0.1) is 6.61 Å². The van der Waals surface area contributed by atoms with Gasteiger partial charge in [-0.3, -0.25) is 10.2 Å². The summed E-state index contributed by atoms with van der Waals surface area (Å²) in [6.45, 7) is 6.76. The Hall–Kier alpha value is -1.59. The molecule has 0 atom stereocenters. The van der Waals surface area contributed by atoms with Crippen LogP contribution in [0, 0.1) is 0 Å². The number of nitrogens with zero attached hydrogens (tertiary/aromatic N) is 1. The molecule has 0 aliphatic carbocycles. The fourth-order valence-corrected chi connectivity index (χ4v) is 2.69. The average Bonchev–Trinajstić information content (AvgIpc) is 2.57. The van der Waals surface area contributed by atoms with Gasteiger partial charge in [-0.25, -0.2) is 4.79 Å². The van der Waals surface area contributed by atoms with Gasteiger partial charge in [-0.2, -0.15) is 0 Å². The lowest BCUT2D eigenvalue weighted by molar-refractivity contribution is 0.121. The summed E-state index contributed by atoms with van der Waals surface area (Å²) in [5.41, 5.74) is 1.72. The zero-order valence-corrected chi connectivity index (χ0v) is 14.1. The smallest absolute Gasteiger partial charge is 0.411 e. The van der Waals surface area contributed by atoms with Gasteiger partial charge in [0.15, 0.2) is 0 Å². The van der Waals surface area contributed by atoms with Crippen molar-refractivity contribution in [3.63, 3.8) is 0 Å². The molecule has 5 heteroatoms. The first-order chi connectivity index (χ1) is 11.3. The number of carbonyl (C=O) groups excluding carboxylic acids is 1. The van der Waals surface area contributed by atoms with E-state index in [0.29, 0.717) is 19.8 Å². The number of para-hydroxylation sites is 1. The van der Waals surface area contributed by atoms with Gasteiger partial charge in [-0.05, 0) is 38.4 Å². The number of piperidine rings is 1. The van der Waals surface area contributed by atoms with E-state index in [1.54, 1.807) is 0 Å². The number of amides is 1. The molecule has 0 saturated carbocycles. The monoisotopic (exact) mass is 320 g/mol. The number of likely N-dealkylation sites (tertiary alicyclic amines) is 1. The molecule has 1 N–H and O–H groups in total. The Bertz CT molecular complexity index is 473. The Kier molecular flexibility index (Phi) is 7.90. The van der Waals surface area contributed by atoms with Crippen LogP contribution in [0.5, 0.6) is 0 Å². The maximum atomic E-state index is 11.9. The van der Waals surface area contributed by atoms with Crippen molar-refractivity contribution in [1.29, 1.82) is 0 Å². The van der Waals surface area contributed by atoms with Crippen molar-refractivity contribution in [1.82, 2.24) is 4.90 Å². The van der Waals surface area contributed by atoms with E-state index in [4.69, 9.17) is 9.47 Å². The van der Waals surface area contributed by atoms with Gasteiger partial charge >= 0.3 is 6.09 Å². The van der Waals surface area contributed by atoms with E-state index >= 15 is 0 Å². The van der Waals surface area contributed by atoms with Gasteiger partial charge in [-0.15, -0.1) is 0 Å². The molecule has 2 rings (SSSR count). The number of hydrogen-bond acceptors (Lipinski definition) is 4. The first-order valence-corrected chi connectivity index (χ1v) is 8.61. The summed E-state index contributed by atoms with van der Waals surface area (Å²) in [6, 6.07) is 7.67. The Balaban J connectivity index is 1.73. The van der Waals surface area contributed by atoms with Crippen molar-refractivity contribution in [3.05, 3.63) is 29.8 Å². The van der Waals surface area contributed by atoms with Gasteiger partial charge in [0, 0.05) is 24.4 Å². The minimum atomic E-state index is -0.398.